The summed E-state index contributed by atoms with van der Waals surface area (Å²) < 4.78 is 9.51. The largest absolute Gasteiger partial charge is 0.453 e. The first kappa shape index (κ1) is 39.9. The molecular formula is C42H50N10O6. The van der Waals surface area contributed by atoms with Crippen LogP contribution in [0, 0.1) is 11.8 Å². The zero-order chi connectivity index (χ0) is 41.1. The van der Waals surface area contributed by atoms with Crippen LogP contribution < -0.4 is 10.6 Å². The van der Waals surface area contributed by atoms with Crippen LogP contribution in [0.2, 0.25) is 0 Å². The highest BCUT2D eigenvalue weighted by atomic mass is 16.5. The van der Waals surface area contributed by atoms with Crippen molar-refractivity contribution in [3.8, 4) is 33.8 Å². The van der Waals surface area contributed by atoms with Gasteiger partial charge in [-0.05, 0) is 60.8 Å². The van der Waals surface area contributed by atoms with Gasteiger partial charge in [-0.2, -0.15) is 0 Å². The van der Waals surface area contributed by atoms with Crippen molar-refractivity contribution in [2.24, 2.45) is 11.8 Å². The maximum absolute atomic E-state index is 13.6. The molecule has 16 nitrogen and oxygen atoms in total. The van der Waals surface area contributed by atoms with Gasteiger partial charge in [0, 0.05) is 36.6 Å². The van der Waals surface area contributed by atoms with E-state index in [0.29, 0.717) is 24.7 Å². The Hall–Kier alpha value is -6.32. The highest BCUT2D eigenvalue weighted by Gasteiger charge is 2.39. The Morgan fingerprint density at radius 1 is 0.672 bits per heavy atom. The number of ether oxygens (including phenoxy) is 2. The molecule has 0 radical (unpaired) electrons. The average Bonchev–Trinajstić information content (AvgIpc) is 4.07. The number of carbonyl (C=O) groups excluding carboxylic acids is 4. The van der Waals surface area contributed by atoms with Crippen molar-refractivity contribution in [2.75, 3.05) is 27.3 Å². The Labute approximate surface area is 336 Å². The van der Waals surface area contributed by atoms with E-state index in [1.165, 1.54) is 14.2 Å². The molecule has 0 spiro atoms. The van der Waals surface area contributed by atoms with Crippen LogP contribution in [0.5, 0.6) is 0 Å². The molecule has 2 aromatic carbocycles. The Morgan fingerprint density at radius 3 is 1.76 bits per heavy atom. The first-order chi connectivity index (χ1) is 27.9. The van der Waals surface area contributed by atoms with Crippen molar-refractivity contribution in [1.82, 2.24) is 50.3 Å². The van der Waals surface area contributed by atoms with E-state index in [1.54, 1.807) is 23.5 Å². The Kier molecular flexibility index (Phi) is 11.7. The van der Waals surface area contributed by atoms with Crippen LogP contribution in [0.4, 0.5) is 9.59 Å². The number of amides is 4. The van der Waals surface area contributed by atoms with Crippen LogP contribution in [0.1, 0.15) is 77.1 Å². The van der Waals surface area contributed by atoms with Crippen LogP contribution in [0.25, 0.3) is 44.8 Å². The lowest BCUT2D eigenvalue weighted by atomic mass is 10.0. The van der Waals surface area contributed by atoms with Crippen molar-refractivity contribution in [1.29, 1.82) is 0 Å². The molecule has 0 bridgehead atoms. The van der Waals surface area contributed by atoms with Gasteiger partial charge in [-0.15, -0.1) is 0 Å². The van der Waals surface area contributed by atoms with Gasteiger partial charge in [0.2, 0.25) is 11.8 Å². The molecule has 3 aromatic heterocycles. The lowest BCUT2D eigenvalue weighted by molar-refractivity contribution is -0.136. The van der Waals surface area contributed by atoms with Crippen molar-refractivity contribution in [2.45, 2.75) is 77.5 Å². The number of imidazole rings is 2. The molecule has 4 atom stereocenters. The van der Waals surface area contributed by atoms with Crippen LogP contribution in [-0.4, -0.2) is 103 Å². The minimum absolute atomic E-state index is 0.113. The summed E-state index contributed by atoms with van der Waals surface area (Å²) in [6, 6.07) is 12.2. The number of aromatic amines is 2. The van der Waals surface area contributed by atoms with Gasteiger partial charge in [0.25, 0.3) is 0 Å². The Bertz CT molecular complexity index is 2270. The van der Waals surface area contributed by atoms with Crippen molar-refractivity contribution in [3.05, 3.63) is 72.7 Å². The second kappa shape index (κ2) is 17.0. The second-order valence-corrected chi connectivity index (χ2v) is 15.5. The lowest BCUT2D eigenvalue weighted by Crippen LogP contribution is -2.51. The smallest absolute Gasteiger partial charge is 0.407 e. The van der Waals surface area contributed by atoms with Gasteiger partial charge in [0.15, 0.2) is 5.82 Å². The number of carbonyl (C=O) groups is 4. The Balaban J connectivity index is 1.02. The molecule has 2 aliphatic rings. The van der Waals surface area contributed by atoms with E-state index in [4.69, 9.17) is 14.5 Å². The summed E-state index contributed by atoms with van der Waals surface area (Å²) >= 11 is 0. The van der Waals surface area contributed by atoms with Crippen LogP contribution in [0.3, 0.4) is 0 Å². The van der Waals surface area contributed by atoms with Gasteiger partial charge in [-0.1, -0.05) is 58.0 Å². The minimum Gasteiger partial charge on any atom is -0.453 e. The summed E-state index contributed by atoms with van der Waals surface area (Å²) in [7, 11) is 2.57. The number of nitrogens with one attached hydrogen (secondary N) is 4. The number of rotatable bonds is 11. The Morgan fingerprint density at radius 2 is 1.21 bits per heavy atom. The van der Waals surface area contributed by atoms with E-state index < -0.39 is 24.3 Å². The minimum atomic E-state index is -0.706. The van der Waals surface area contributed by atoms with Crippen LogP contribution in [0.15, 0.2) is 61.1 Å². The van der Waals surface area contributed by atoms with Crippen LogP contribution in [-0.2, 0) is 19.1 Å². The van der Waals surface area contributed by atoms with Gasteiger partial charge in [0.05, 0.1) is 49.2 Å². The maximum Gasteiger partial charge on any atom is 0.407 e. The fraction of sp³-hybridized carbons (Fsp3) is 0.429. The van der Waals surface area contributed by atoms with Crippen LogP contribution >= 0.6 is 0 Å². The molecule has 4 amide bonds. The molecule has 0 saturated carbocycles. The number of benzene rings is 2. The van der Waals surface area contributed by atoms with Crippen molar-refractivity contribution >= 4 is 35.0 Å². The zero-order valence-corrected chi connectivity index (χ0v) is 33.6. The number of likely N-dealkylation sites (tertiary alicyclic amines) is 2. The fourth-order valence-corrected chi connectivity index (χ4v) is 7.83. The summed E-state index contributed by atoms with van der Waals surface area (Å²) in [5.41, 5.74) is 6.05. The summed E-state index contributed by atoms with van der Waals surface area (Å²) in [5.74, 6) is 1.43. The topological polar surface area (TPSA) is 200 Å². The summed E-state index contributed by atoms with van der Waals surface area (Å²) in [6.07, 6.45) is 7.16. The molecule has 5 aromatic rings. The first-order valence-corrected chi connectivity index (χ1v) is 19.7. The van der Waals surface area contributed by atoms with E-state index in [0.717, 1.165) is 70.5 Å². The predicted molar refractivity (Wildman–Crippen MR) is 216 cm³/mol. The quantitative estimate of drug-likeness (QED) is 0.120. The highest BCUT2D eigenvalue weighted by molar-refractivity contribution is 5.88. The second-order valence-electron chi connectivity index (χ2n) is 15.5. The van der Waals surface area contributed by atoms with Gasteiger partial charge in [-0.25, -0.2) is 29.5 Å². The number of nitrogens with zero attached hydrogens (tertiary/aromatic N) is 6. The number of methoxy groups -OCH3 is 2. The SMILES string of the molecule is COC(=O)NC(C(=O)N1CCCC1c1ncc(-c2cnc(-c3ccc(-c4ccc5nc(C6CCCN6C(=O)C(NC(=O)OC)C(C)C)[nH]c5c4)cc3)nc2)[nH]1)C(C)C. The first-order valence-electron chi connectivity index (χ1n) is 19.7. The molecule has 2 aliphatic heterocycles. The maximum atomic E-state index is 13.6. The van der Waals surface area contributed by atoms with Gasteiger partial charge in [0.1, 0.15) is 23.7 Å². The number of hydrogen-bond donors (Lipinski definition) is 4. The lowest BCUT2D eigenvalue weighted by Gasteiger charge is -2.30. The average molecular weight is 791 g/mol. The van der Waals surface area contributed by atoms with E-state index in [2.05, 4.69) is 41.6 Å². The predicted octanol–water partition coefficient (Wildman–Crippen LogP) is 6.17. The normalized spacial score (nSPS) is 17.8. The zero-order valence-electron chi connectivity index (χ0n) is 33.6. The molecule has 0 aliphatic carbocycles. The molecule has 4 N–H and O–H groups in total. The standard InChI is InChI=1S/C42H50N10O6/c1-23(2)34(49-41(55)57-5)39(53)51-17-7-9-32(51)37-45-22-31(48-37)28-20-43-36(44-21-28)26-13-11-25(12-14-26)27-15-16-29-30(19-27)47-38(46-29)33-10-8-18-52(33)40(54)35(24(3)4)50-42(56)58-6/h11-16,19-24,32-35H,7-10,17-18H2,1-6H3,(H,45,48)(H,46,47)(H,49,55)(H,50,56). The molecule has 16 heteroatoms. The highest BCUT2D eigenvalue weighted by Crippen LogP contribution is 2.35. The third-order valence-electron chi connectivity index (χ3n) is 11.0. The molecular weight excluding hydrogens is 741 g/mol. The van der Waals surface area contributed by atoms with Crippen molar-refractivity contribution < 1.29 is 28.7 Å². The molecule has 58 heavy (non-hydrogen) atoms. The van der Waals surface area contributed by atoms with Gasteiger partial charge < -0.3 is 39.9 Å². The van der Waals surface area contributed by atoms with Gasteiger partial charge >= 0.3 is 12.2 Å². The fourth-order valence-electron chi connectivity index (χ4n) is 7.83. The van der Waals surface area contributed by atoms with E-state index in [9.17, 15) is 19.2 Å². The summed E-state index contributed by atoms with van der Waals surface area (Å²) in [6.45, 7) is 8.73. The summed E-state index contributed by atoms with van der Waals surface area (Å²) in [5, 5.41) is 5.38. The number of fused-ring (bicyclic) bond motifs is 1. The van der Waals surface area contributed by atoms with E-state index in [-0.39, 0.29) is 35.7 Å². The van der Waals surface area contributed by atoms with Gasteiger partial charge in [-0.3, -0.25) is 9.59 Å². The van der Waals surface area contributed by atoms with E-state index >= 15 is 0 Å². The number of H-pyrrole nitrogens is 2. The number of aromatic nitrogens is 6. The monoisotopic (exact) mass is 790 g/mol. The molecule has 7 rings (SSSR count). The summed E-state index contributed by atoms with van der Waals surface area (Å²) in [4.78, 5) is 80.3. The third kappa shape index (κ3) is 8.22. The molecule has 2 fully saturated rings. The molecule has 5 heterocycles. The number of hydrogen-bond acceptors (Lipinski definition) is 10. The molecule has 4 unspecified atom stereocenters. The number of alkyl carbamates (subject to hydrolysis) is 2. The van der Waals surface area contributed by atoms with Crippen molar-refractivity contribution in [3.63, 3.8) is 0 Å². The third-order valence-corrected chi connectivity index (χ3v) is 11.0. The molecule has 304 valence electrons. The van der Waals surface area contributed by atoms with E-state index in [1.807, 2.05) is 69.0 Å². The molecule has 2 saturated heterocycles.